The summed E-state index contributed by atoms with van der Waals surface area (Å²) < 4.78 is 0. The van der Waals surface area contributed by atoms with Crippen molar-refractivity contribution in [3.63, 3.8) is 0 Å². The van der Waals surface area contributed by atoms with Crippen molar-refractivity contribution >= 4 is 5.97 Å². The zero-order valence-electron chi connectivity index (χ0n) is 14.3. The Labute approximate surface area is 132 Å². The summed E-state index contributed by atoms with van der Waals surface area (Å²) in [6.45, 7) is 4.06. The van der Waals surface area contributed by atoms with Crippen molar-refractivity contribution in [3.8, 4) is 0 Å². The second-order valence-electron chi connectivity index (χ2n) is 6.26. The zero-order valence-corrected chi connectivity index (χ0v) is 14.3. The van der Waals surface area contributed by atoms with E-state index in [1.54, 1.807) is 6.92 Å². The van der Waals surface area contributed by atoms with E-state index in [1.807, 2.05) is 0 Å². The highest BCUT2D eigenvalue weighted by molar-refractivity contribution is 5.69. The molecule has 0 aliphatic carbocycles. The Hall–Kier alpha value is -0.790. The molecule has 124 valence electrons. The lowest BCUT2D eigenvalue weighted by molar-refractivity contribution is -0.141. The largest absolute Gasteiger partial charge is 0.481 e. The van der Waals surface area contributed by atoms with E-state index in [9.17, 15) is 4.79 Å². The van der Waals surface area contributed by atoms with Gasteiger partial charge in [-0.2, -0.15) is 0 Å². The molecular weight excluding hydrogens is 260 g/mol. The third kappa shape index (κ3) is 15.4. The molecule has 0 aromatic carbocycles. The highest BCUT2D eigenvalue weighted by Crippen LogP contribution is 2.11. The Balaban J connectivity index is 3.17. The summed E-state index contributed by atoms with van der Waals surface area (Å²) >= 11 is 0. The van der Waals surface area contributed by atoms with Crippen molar-refractivity contribution in [3.05, 3.63) is 12.2 Å². The van der Waals surface area contributed by atoms with Gasteiger partial charge in [0.1, 0.15) is 0 Å². The molecule has 1 unspecified atom stereocenters. The maximum atomic E-state index is 10.7. The van der Waals surface area contributed by atoms with E-state index in [2.05, 4.69) is 19.1 Å². The molecule has 1 atom stereocenters. The molecule has 0 aromatic rings. The number of rotatable bonds is 15. The average Bonchev–Trinajstić information content (AvgIpc) is 2.47. The van der Waals surface area contributed by atoms with E-state index in [0.717, 1.165) is 25.7 Å². The number of hydrogen-bond donors (Lipinski definition) is 1. The molecule has 2 nitrogen and oxygen atoms in total. The Morgan fingerprint density at radius 2 is 1.33 bits per heavy atom. The number of hydrogen-bond acceptors (Lipinski definition) is 1. The summed E-state index contributed by atoms with van der Waals surface area (Å²) in [6.07, 6.45) is 20.9. The number of allylic oxidation sites excluding steroid dienone is 2. The maximum Gasteiger partial charge on any atom is 0.306 e. The van der Waals surface area contributed by atoms with E-state index in [-0.39, 0.29) is 5.92 Å². The zero-order chi connectivity index (χ0) is 15.8. The van der Waals surface area contributed by atoms with Gasteiger partial charge in [0.2, 0.25) is 0 Å². The molecule has 0 aliphatic rings. The molecule has 0 bridgehead atoms. The lowest BCUT2D eigenvalue weighted by Crippen LogP contribution is -2.08. The van der Waals surface area contributed by atoms with Crippen LogP contribution in [0, 0.1) is 5.92 Å². The number of carboxylic acid groups (broad SMARTS) is 1. The van der Waals surface area contributed by atoms with Crippen molar-refractivity contribution < 1.29 is 9.90 Å². The summed E-state index contributed by atoms with van der Waals surface area (Å²) in [4.78, 5) is 10.7. The molecule has 1 N–H and O–H groups in total. The molecule has 0 spiro atoms. The molecule has 0 heterocycles. The van der Waals surface area contributed by atoms with Crippen LogP contribution in [-0.4, -0.2) is 11.1 Å². The van der Waals surface area contributed by atoms with Crippen molar-refractivity contribution in [1.82, 2.24) is 0 Å². The van der Waals surface area contributed by atoms with Crippen LogP contribution in [0.25, 0.3) is 0 Å². The fourth-order valence-corrected chi connectivity index (χ4v) is 2.47. The fourth-order valence-electron chi connectivity index (χ4n) is 2.47. The summed E-state index contributed by atoms with van der Waals surface area (Å²) in [5, 5.41) is 8.77. The quantitative estimate of drug-likeness (QED) is 0.282. The van der Waals surface area contributed by atoms with Gasteiger partial charge in [0.05, 0.1) is 5.92 Å². The molecular formula is C19H36O2. The third-order valence-electron chi connectivity index (χ3n) is 4.07. The molecule has 0 amide bonds. The first-order chi connectivity index (χ1) is 10.2. The second-order valence-corrected chi connectivity index (χ2v) is 6.26. The van der Waals surface area contributed by atoms with Gasteiger partial charge >= 0.3 is 5.97 Å². The van der Waals surface area contributed by atoms with E-state index in [1.165, 1.54) is 57.8 Å². The predicted octanol–water partition coefficient (Wildman–Crippen LogP) is 6.35. The Morgan fingerprint density at radius 1 is 0.857 bits per heavy atom. The minimum atomic E-state index is -0.666. The molecule has 21 heavy (non-hydrogen) atoms. The van der Waals surface area contributed by atoms with Crippen molar-refractivity contribution in [2.45, 2.75) is 97.3 Å². The summed E-state index contributed by atoms with van der Waals surface area (Å²) in [6, 6.07) is 0. The van der Waals surface area contributed by atoms with E-state index < -0.39 is 5.97 Å². The first kappa shape index (κ1) is 20.2. The monoisotopic (exact) mass is 296 g/mol. The van der Waals surface area contributed by atoms with Crippen LogP contribution in [0.2, 0.25) is 0 Å². The average molecular weight is 296 g/mol. The lowest BCUT2D eigenvalue weighted by Gasteiger charge is -2.03. The highest BCUT2D eigenvalue weighted by atomic mass is 16.4. The SMILES string of the molecule is CCCCCCCCCC/C=C/CCCCC(C)C(=O)O. The van der Waals surface area contributed by atoms with Gasteiger partial charge in [-0.1, -0.05) is 77.4 Å². The molecule has 0 fully saturated rings. The first-order valence-electron chi connectivity index (χ1n) is 9.06. The van der Waals surface area contributed by atoms with Crippen molar-refractivity contribution in [2.75, 3.05) is 0 Å². The van der Waals surface area contributed by atoms with Crippen LogP contribution in [0.5, 0.6) is 0 Å². The van der Waals surface area contributed by atoms with E-state index in [4.69, 9.17) is 5.11 Å². The third-order valence-corrected chi connectivity index (χ3v) is 4.07. The van der Waals surface area contributed by atoms with Gasteiger partial charge < -0.3 is 5.11 Å². The predicted molar refractivity (Wildman–Crippen MR) is 91.6 cm³/mol. The highest BCUT2D eigenvalue weighted by Gasteiger charge is 2.08. The Bertz CT molecular complexity index is 258. The summed E-state index contributed by atoms with van der Waals surface area (Å²) in [7, 11) is 0. The molecule has 0 aliphatic heterocycles. The van der Waals surface area contributed by atoms with E-state index in [0.29, 0.717) is 0 Å². The van der Waals surface area contributed by atoms with Gasteiger partial charge in [0.25, 0.3) is 0 Å². The second kappa shape index (κ2) is 15.6. The Kier molecular flexibility index (Phi) is 15.0. The molecule has 0 radical (unpaired) electrons. The molecule has 0 aromatic heterocycles. The van der Waals surface area contributed by atoms with Crippen LogP contribution in [0.4, 0.5) is 0 Å². The van der Waals surface area contributed by atoms with Gasteiger partial charge in [0, 0.05) is 0 Å². The van der Waals surface area contributed by atoms with Gasteiger partial charge in [-0.25, -0.2) is 0 Å². The molecule has 0 rings (SSSR count). The number of unbranched alkanes of at least 4 members (excludes halogenated alkanes) is 10. The van der Waals surface area contributed by atoms with Gasteiger partial charge in [-0.3, -0.25) is 4.79 Å². The fraction of sp³-hybridized carbons (Fsp3) is 0.842. The number of aliphatic carboxylic acids is 1. The normalized spacial score (nSPS) is 12.9. The topological polar surface area (TPSA) is 37.3 Å². The van der Waals surface area contributed by atoms with Crippen LogP contribution < -0.4 is 0 Å². The van der Waals surface area contributed by atoms with E-state index >= 15 is 0 Å². The van der Waals surface area contributed by atoms with Gasteiger partial charge in [0.15, 0.2) is 0 Å². The minimum absolute atomic E-state index is 0.189. The molecule has 0 saturated heterocycles. The van der Waals surface area contributed by atoms with Crippen LogP contribution in [0.3, 0.4) is 0 Å². The number of carbonyl (C=O) groups is 1. The minimum Gasteiger partial charge on any atom is -0.481 e. The van der Waals surface area contributed by atoms with Crippen molar-refractivity contribution in [1.29, 1.82) is 0 Å². The van der Waals surface area contributed by atoms with Crippen LogP contribution >= 0.6 is 0 Å². The standard InChI is InChI=1S/C19H36O2/c1-3-4-5-6-7-8-9-10-11-12-13-14-15-16-17-18(2)19(20)21/h12-13,18H,3-11,14-17H2,1-2H3,(H,20,21)/b13-12+. The van der Waals surface area contributed by atoms with Crippen LogP contribution in [-0.2, 0) is 4.79 Å². The Morgan fingerprint density at radius 3 is 1.86 bits per heavy atom. The first-order valence-corrected chi connectivity index (χ1v) is 9.06. The summed E-state index contributed by atoms with van der Waals surface area (Å²) in [5.41, 5.74) is 0. The summed E-state index contributed by atoms with van der Waals surface area (Å²) in [5.74, 6) is -0.855. The maximum absolute atomic E-state index is 10.7. The van der Waals surface area contributed by atoms with Crippen LogP contribution in [0.1, 0.15) is 97.3 Å². The van der Waals surface area contributed by atoms with Crippen LogP contribution in [0.15, 0.2) is 12.2 Å². The number of carboxylic acids is 1. The van der Waals surface area contributed by atoms with Gasteiger partial charge in [-0.05, 0) is 32.1 Å². The molecule has 2 heteroatoms. The lowest BCUT2D eigenvalue weighted by atomic mass is 10.0. The van der Waals surface area contributed by atoms with Crippen molar-refractivity contribution in [2.24, 2.45) is 5.92 Å². The van der Waals surface area contributed by atoms with Gasteiger partial charge in [-0.15, -0.1) is 0 Å². The molecule has 0 saturated carbocycles. The smallest absolute Gasteiger partial charge is 0.306 e.